The van der Waals surface area contributed by atoms with Gasteiger partial charge in [0.1, 0.15) is 29.5 Å². The molecule has 0 saturated heterocycles. The molecular formula is C16H15FO4. The second kappa shape index (κ2) is 6.26. The SMILES string of the molecule is COc1ccc(COc2cc(C)ccc2C(=O)O)c(F)c1. The summed E-state index contributed by atoms with van der Waals surface area (Å²) in [6, 6.07) is 9.19. The van der Waals surface area contributed by atoms with Crippen LogP contribution in [0.2, 0.25) is 0 Å². The van der Waals surface area contributed by atoms with Gasteiger partial charge in [0, 0.05) is 11.6 Å². The highest BCUT2D eigenvalue weighted by atomic mass is 19.1. The zero-order valence-electron chi connectivity index (χ0n) is 11.7. The summed E-state index contributed by atoms with van der Waals surface area (Å²) in [6.45, 7) is 1.77. The lowest BCUT2D eigenvalue weighted by molar-refractivity contribution is 0.0691. The van der Waals surface area contributed by atoms with Gasteiger partial charge in [0.25, 0.3) is 0 Å². The minimum Gasteiger partial charge on any atom is -0.497 e. The molecule has 0 aliphatic carbocycles. The molecule has 0 atom stereocenters. The van der Waals surface area contributed by atoms with E-state index in [1.54, 1.807) is 24.3 Å². The second-order valence-corrected chi connectivity index (χ2v) is 4.55. The molecule has 0 saturated carbocycles. The first-order valence-electron chi connectivity index (χ1n) is 6.30. The van der Waals surface area contributed by atoms with Gasteiger partial charge in [-0.1, -0.05) is 6.07 Å². The number of halogens is 1. The van der Waals surface area contributed by atoms with E-state index in [1.807, 2.05) is 6.92 Å². The first kappa shape index (κ1) is 14.8. The van der Waals surface area contributed by atoms with Crippen LogP contribution in [-0.4, -0.2) is 18.2 Å². The Balaban J connectivity index is 2.20. The molecule has 0 amide bonds. The van der Waals surface area contributed by atoms with Gasteiger partial charge < -0.3 is 14.6 Å². The zero-order valence-corrected chi connectivity index (χ0v) is 11.7. The van der Waals surface area contributed by atoms with E-state index in [1.165, 1.54) is 19.2 Å². The molecule has 0 heterocycles. The molecular weight excluding hydrogens is 275 g/mol. The van der Waals surface area contributed by atoms with Crippen molar-refractivity contribution in [2.45, 2.75) is 13.5 Å². The number of ether oxygens (including phenoxy) is 2. The van der Waals surface area contributed by atoms with Gasteiger partial charge in [-0.2, -0.15) is 0 Å². The zero-order chi connectivity index (χ0) is 15.4. The molecule has 2 rings (SSSR count). The highest BCUT2D eigenvalue weighted by Gasteiger charge is 2.12. The Morgan fingerprint density at radius 3 is 2.62 bits per heavy atom. The van der Waals surface area contributed by atoms with Crippen LogP contribution in [0.15, 0.2) is 36.4 Å². The topological polar surface area (TPSA) is 55.8 Å². The van der Waals surface area contributed by atoms with Crippen LogP contribution in [0.4, 0.5) is 4.39 Å². The van der Waals surface area contributed by atoms with Crippen LogP contribution in [0.3, 0.4) is 0 Å². The molecule has 0 spiro atoms. The van der Waals surface area contributed by atoms with Crippen molar-refractivity contribution in [3.63, 3.8) is 0 Å². The summed E-state index contributed by atoms with van der Waals surface area (Å²) in [6.07, 6.45) is 0. The van der Waals surface area contributed by atoms with Gasteiger partial charge in [0.15, 0.2) is 0 Å². The van der Waals surface area contributed by atoms with Crippen LogP contribution in [-0.2, 0) is 6.61 Å². The first-order valence-corrected chi connectivity index (χ1v) is 6.30. The lowest BCUT2D eigenvalue weighted by Crippen LogP contribution is -2.05. The molecule has 2 aromatic rings. The van der Waals surface area contributed by atoms with Crippen LogP contribution in [0.5, 0.6) is 11.5 Å². The molecule has 1 N–H and O–H groups in total. The Hall–Kier alpha value is -2.56. The summed E-state index contributed by atoms with van der Waals surface area (Å²) < 4.78 is 24.2. The number of benzene rings is 2. The summed E-state index contributed by atoms with van der Waals surface area (Å²) in [5.41, 5.74) is 1.24. The fourth-order valence-corrected chi connectivity index (χ4v) is 1.85. The molecule has 0 bridgehead atoms. The van der Waals surface area contributed by atoms with Crippen molar-refractivity contribution in [2.24, 2.45) is 0 Å². The van der Waals surface area contributed by atoms with Crippen molar-refractivity contribution >= 4 is 5.97 Å². The van der Waals surface area contributed by atoms with Crippen molar-refractivity contribution in [1.29, 1.82) is 0 Å². The van der Waals surface area contributed by atoms with Crippen LogP contribution >= 0.6 is 0 Å². The largest absolute Gasteiger partial charge is 0.497 e. The number of aromatic carboxylic acids is 1. The first-order chi connectivity index (χ1) is 10.0. The predicted octanol–water partition coefficient (Wildman–Crippen LogP) is 3.42. The number of hydrogen-bond donors (Lipinski definition) is 1. The summed E-state index contributed by atoms with van der Waals surface area (Å²) in [4.78, 5) is 11.1. The monoisotopic (exact) mass is 290 g/mol. The summed E-state index contributed by atoms with van der Waals surface area (Å²) in [7, 11) is 1.46. The lowest BCUT2D eigenvalue weighted by Gasteiger charge is -2.11. The molecule has 0 aliphatic heterocycles. The van der Waals surface area contributed by atoms with Gasteiger partial charge in [-0.3, -0.25) is 0 Å². The summed E-state index contributed by atoms with van der Waals surface area (Å²) in [5, 5.41) is 9.11. The predicted molar refractivity (Wildman–Crippen MR) is 75.4 cm³/mol. The fraction of sp³-hybridized carbons (Fsp3) is 0.188. The van der Waals surface area contributed by atoms with Crippen molar-refractivity contribution in [2.75, 3.05) is 7.11 Å². The van der Waals surface area contributed by atoms with Gasteiger partial charge in [0.2, 0.25) is 0 Å². The fourth-order valence-electron chi connectivity index (χ4n) is 1.85. The normalized spacial score (nSPS) is 10.2. The molecule has 0 fully saturated rings. The van der Waals surface area contributed by atoms with E-state index in [2.05, 4.69) is 0 Å². The molecule has 0 radical (unpaired) electrons. The third-order valence-corrected chi connectivity index (χ3v) is 3.01. The highest BCUT2D eigenvalue weighted by molar-refractivity contribution is 5.90. The van der Waals surface area contributed by atoms with Crippen LogP contribution < -0.4 is 9.47 Å². The van der Waals surface area contributed by atoms with Crippen molar-refractivity contribution in [3.8, 4) is 11.5 Å². The van der Waals surface area contributed by atoms with Gasteiger partial charge in [-0.25, -0.2) is 9.18 Å². The molecule has 4 nitrogen and oxygen atoms in total. The van der Waals surface area contributed by atoms with Gasteiger partial charge in [0.05, 0.1) is 7.11 Å². The third kappa shape index (κ3) is 3.51. The molecule has 0 unspecified atom stereocenters. The third-order valence-electron chi connectivity index (χ3n) is 3.01. The molecule has 5 heteroatoms. The van der Waals surface area contributed by atoms with E-state index in [9.17, 15) is 9.18 Å². The van der Waals surface area contributed by atoms with Gasteiger partial charge in [-0.05, 0) is 36.8 Å². The minimum absolute atomic E-state index is 0.0505. The Labute approximate surface area is 121 Å². The number of carboxylic acid groups (broad SMARTS) is 1. The Morgan fingerprint density at radius 2 is 2.00 bits per heavy atom. The quantitative estimate of drug-likeness (QED) is 0.916. The highest BCUT2D eigenvalue weighted by Crippen LogP contribution is 2.23. The van der Waals surface area contributed by atoms with Crippen LogP contribution in [0.1, 0.15) is 21.5 Å². The van der Waals surface area contributed by atoms with Crippen LogP contribution in [0, 0.1) is 12.7 Å². The number of carboxylic acids is 1. The molecule has 0 aliphatic rings. The van der Waals surface area contributed by atoms with E-state index in [0.717, 1.165) is 5.56 Å². The second-order valence-electron chi connectivity index (χ2n) is 4.55. The average Bonchev–Trinajstić information content (AvgIpc) is 2.45. The van der Waals surface area contributed by atoms with Crippen molar-refractivity contribution in [1.82, 2.24) is 0 Å². The average molecular weight is 290 g/mol. The van der Waals surface area contributed by atoms with Gasteiger partial charge >= 0.3 is 5.97 Å². The van der Waals surface area contributed by atoms with E-state index in [4.69, 9.17) is 14.6 Å². The molecule has 110 valence electrons. The Bertz CT molecular complexity index is 667. The summed E-state index contributed by atoms with van der Waals surface area (Å²) >= 11 is 0. The van der Waals surface area contributed by atoms with Gasteiger partial charge in [-0.15, -0.1) is 0 Å². The van der Waals surface area contributed by atoms with E-state index in [-0.39, 0.29) is 17.9 Å². The minimum atomic E-state index is -1.08. The lowest BCUT2D eigenvalue weighted by atomic mass is 10.1. The molecule has 2 aromatic carbocycles. The number of hydrogen-bond acceptors (Lipinski definition) is 3. The number of aryl methyl sites for hydroxylation is 1. The number of methoxy groups -OCH3 is 1. The van der Waals surface area contributed by atoms with E-state index < -0.39 is 11.8 Å². The molecule has 0 aromatic heterocycles. The summed E-state index contributed by atoms with van der Waals surface area (Å²) in [5.74, 6) is -0.908. The maximum atomic E-state index is 13.8. The smallest absolute Gasteiger partial charge is 0.339 e. The maximum Gasteiger partial charge on any atom is 0.339 e. The maximum absolute atomic E-state index is 13.8. The molecule has 21 heavy (non-hydrogen) atoms. The van der Waals surface area contributed by atoms with Crippen molar-refractivity contribution < 1.29 is 23.8 Å². The standard InChI is InChI=1S/C16H15FO4/c1-10-3-6-13(16(18)19)15(7-10)21-9-11-4-5-12(20-2)8-14(11)17/h3-8H,9H2,1-2H3,(H,18,19). The number of rotatable bonds is 5. The van der Waals surface area contributed by atoms with Crippen LogP contribution in [0.25, 0.3) is 0 Å². The van der Waals surface area contributed by atoms with Crippen molar-refractivity contribution in [3.05, 3.63) is 58.9 Å². The van der Waals surface area contributed by atoms with E-state index >= 15 is 0 Å². The van der Waals surface area contributed by atoms with E-state index in [0.29, 0.717) is 11.3 Å². The Morgan fingerprint density at radius 1 is 1.24 bits per heavy atom. The number of carbonyl (C=O) groups is 1. The Kier molecular flexibility index (Phi) is 4.42.